The Balaban J connectivity index is 1.71. The summed E-state index contributed by atoms with van der Waals surface area (Å²) in [7, 11) is -4.17. The number of anilines is 2. The van der Waals surface area contributed by atoms with Crippen LogP contribution in [0, 0.1) is 5.92 Å². The van der Waals surface area contributed by atoms with Crippen molar-refractivity contribution in [3.63, 3.8) is 0 Å². The second-order valence-corrected chi connectivity index (χ2v) is 13.3. The summed E-state index contributed by atoms with van der Waals surface area (Å²) in [5, 5.41) is 12.5. The standard InChI is InChI=1S/C25H31F6N7O4S2/c1-14(2)20-21(39)33-5-6-36(20)12-17-13-37(44(41,42)19-9-16(32)3-4-18(19)43)7-8-38(17)22-34-10-15(11-35-22)23(40,24(26,27)28)25(29,30)31/h3-4,9-11,14,17,20,40,43H,5-8,12-13,32H2,1-2H3,(H,33,39)/t17-,20?/m0/s1. The number of nitrogen functional groups attached to an aromatic ring is 1. The molecule has 4 rings (SSSR count). The molecular formula is C25H31F6N7O4S2. The van der Waals surface area contributed by atoms with Crippen LogP contribution in [-0.4, -0.2) is 102 Å². The Kier molecular flexibility index (Phi) is 9.39. The van der Waals surface area contributed by atoms with Gasteiger partial charge in [-0.05, 0) is 24.1 Å². The fraction of sp³-hybridized carbons (Fsp3) is 0.560. The van der Waals surface area contributed by atoms with E-state index in [9.17, 15) is 44.7 Å². The van der Waals surface area contributed by atoms with Crippen molar-refractivity contribution in [1.82, 2.24) is 24.5 Å². The molecule has 0 saturated carbocycles. The molecule has 3 heterocycles. The second kappa shape index (κ2) is 12.1. The molecular weight excluding hydrogens is 640 g/mol. The molecule has 2 atom stereocenters. The Morgan fingerprint density at radius 1 is 1.09 bits per heavy atom. The van der Waals surface area contributed by atoms with Gasteiger partial charge >= 0.3 is 12.4 Å². The van der Waals surface area contributed by atoms with E-state index in [0.29, 0.717) is 13.1 Å². The number of hydrogen-bond donors (Lipinski definition) is 4. The Bertz CT molecular complexity index is 1460. The third kappa shape index (κ3) is 6.29. The highest BCUT2D eigenvalue weighted by molar-refractivity contribution is 7.90. The lowest BCUT2D eigenvalue weighted by atomic mass is 9.95. The molecule has 4 N–H and O–H groups in total. The van der Waals surface area contributed by atoms with Gasteiger partial charge in [0.1, 0.15) is 0 Å². The number of aliphatic hydroxyl groups is 1. The maximum Gasteiger partial charge on any atom is 0.430 e. The van der Waals surface area contributed by atoms with Gasteiger partial charge in [-0.1, -0.05) is 13.8 Å². The first kappa shape index (κ1) is 34.0. The number of carbonyl (C=O) groups is 1. The zero-order chi connectivity index (χ0) is 32.8. The number of halogens is 6. The molecule has 19 heteroatoms. The summed E-state index contributed by atoms with van der Waals surface area (Å²) in [6.07, 6.45) is -11.7. The van der Waals surface area contributed by atoms with Gasteiger partial charge in [-0.3, -0.25) is 9.69 Å². The van der Waals surface area contributed by atoms with Crippen LogP contribution >= 0.6 is 12.6 Å². The molecule has 2 aromatic rings. The maximum atomic E-state index is 13.7. The first-order valence-electron chi connectivity index (χ1n) is 13.3. The minimum atomic E-state index is -6.12. The highest BCUT2D eigenvalue weighted by Gasteiger charge is 2.71. The van der Waals surface area contributed by atoms with E-state index in [-0.39, 0.29) is 71.8 Å². The van der Waals surface area contributed by atoms with Gasteiger partial charge in [0.05, 0.1) is 17.0 Å². The zero-order valence-electron chi connectivity index (χ0n) is 23.5. The minimum Gasteiger partial charge on any atom is -0.399 e. The smallest absolute Gasteiger partial charge is 0.399 e. The predicted octanol–water partition coefficient (Wildman–Crippen LogP) is 2.00. The van der Waals surface area contributed by atoms with Crippen LogP contribution < -0.4 is 16.0 Å². The number of nitrogens with two attached hydrogens (primary N) is 1. The highest BCUT2D eigenvalue weighted by atomic mass is 32.2. The monoisotopic (exact) mass is 671 g/mol. The largest absolute Gasteiger partial charge is 0.430 e. The first-order chi connectivity index (χ1) is 20.3. The number of carbonyl (C=O) groups excluding carboxylic acids is 1. The third-order valence-electron chi connectivity index (χ3n) is 7.62. The molecule has 2 aliphatic heterocycles. The molecule has 1 aromatic carbocycles. The molecule has 0 aliphatic carbocycles. The Morgan fingerprint density at radius 2 is 1.70 bits per heavy atom. The van der Waals surface area contributed by atoms with Gasteiger partial charge < -0.3 is 21.1 Å². The van der Waals surface area contributed by atoms with Crippen molar-refractivity contribution >= 4 is 40.2 Å². The van der Waals surface area contributed by atoms with Crippen LogP contribution in [0.3, 0.4) is 0 Å². The van der Waals surface area contributed by atoms with E-state index in [1.807, 2.05) is 18.7 Å². The van der Waals surface area contributed by atoms with Crippen molar-refractivity contribution < 1.29 is 44.7 Å². The van der Waals surface area contributed by atoms with Gasteiger partial charge in [0.25, 0.3) is 5.60 Å². The highest BCUT2D eigenvalue weighted by Crippen LogP contribution is 2.49. The van der Waals surface area contributed by atoms with Crippen molar-refractivity contribution in [3.8, 4) is 0 Å². The molecule has 2 saturated heterocycles. The average molecular weight is 672 g/mol. The molecule has 0 radical (unpaired) electrons. The van der Waals surface area contributed by atoms with Crippen LogP contribution in [0.1, 0.15) is 19.4 Å². The van der Waals surface area contributed by atoms with Gasteiger partial charge in [0.15, 0.2) is 0 Å². The molecule has 1 aromatic heterocycles. The number of nitrogens with one attached hydrogen (secondary N) is 1. The van der Waals surface area contributed by atoms with E-state index < -0.39 is 45.6 Å². The maximum absolute atomic E-state index is 13.7. The van der Waals surface area contributed by atoms with Gasteiger partial charge in [-0.2, -0.15) is 30.6 Å². The third-order valence-corrected chi connectivity index (χ3v) is 10.1. The summed E-state index contributed by atoms with van der Waals surface area (Å²) >= 11 is 4.25. The minimum absolute atomic E-state index is 0.0765. The van der Waals surface area contributed by atoms with Gasteiger partial charge in [0, 0.05) is 67.8 Å². The normalized spacial score (nSPS) is 21.5. The van der Waals surface area contributed by atoms with E-state index in [1.54, 1.807) is 0 Å². The van der Waals surface area contributed by atoms with E-state index >= 15 is 0 Å². The molecule has 0 spiro atoms. The average Bonchev–Trinajstić information content (AvgIpc) is 2.92. The molecule has 2 aliphatic rings. The van der Waals surface area contributed by atoms with Crippen molar-refractivity contribution in [2.45, 2.75) is 53.7 Å². The summed E-state index contributed by atoms with van der Waals surface area (Å²) in [4.78, 5) is 23.5. The van der Waals surface area contributed by atoms with Crippen LogP contribution in [0.2, 0.25) is 0 Å². The number of aromatic nitrogens is 2. The van der Waals surface area contributed by atoms with Crippen LogP contribution in [0.25, 0.3) is 0 Å². The lowest BCUT2D eigenvalue weighted by Gasteiger charge is -2.45. The molecule has 1 amide bonds. The SMILES string of the molecule is CC(C)C1C(=O)NCCN1C[C@H]1CN(S(=O)(=O)c2cc(N)ccc2S)CCN1c1ncc(C(O)(C(F)(F)F)C(F)(F)F)cn1. The fourth-order valence-corrected chi connectivity index (χ4v) is 7.49. The molecule has 0 bridgehead atoms. The Hall–Kier alpha value is -2.87. The summed E-state index contributed by atoms with van der Waals surface area (Å²) in [6, 6.07) is 2.77. The predicted molar refractivity (Wildman–Crippen MR) is 149 cm³/mol. The number of nitrogens with zero attached hydrogens (tertiary/aromatic N) is 5. The number of sulfonamides is 1. The summed E-state index contributed by atoms with van der Waals surface area (Å²) in [6.45, 7) is 3.97. The number of rotatable bonds is 7. The number of alkyl halides is 6. The van der Waals surface area contributed by atoms with E-state index in [1.165, 1.54) is 23.1 Å². The van der Waals surface area contributed by atoms with Gasteiger partial charge in [-0.15, -0.1) is 12.6 Å². The number of thiol groups is 1. The van der Waals surface area contributed by atoms with E-state index in [0.717, 1.165) is 4.31 Å². The summed E-state index contributed by atoms with van der Waals surface area (Å²) < 4.78 is 109. The van der Waals surface area contributed by atoms with Crippen molar-refractivity contribution in [2.75, 3.05) is 49.9 Å². The van der Waals surface area contributed by atoms with Crippen LogP contribution in [0.4, 0.5) is 38.0 Å². The number of benzene rings is 1. The molecule has 11 nitrogen and oxygen atoms in total. The van der Waals surface area contributed by atoms with Gasteiger partial charge in [0.2, 0.25) is 21.9 Å². The quantitative estimate of drug-likeness (QED) is 0.197. The number of amides is 1. The van der Waals surface area contributed by atoms with Crippen molar-refractivity contribution in [2.24, 2.45) is 5.92 Å². The lowest BCUT2D eigenvalue weighted by molar-refractivity contribution is -0.376. The Labute approximate surface area is 254 Å². The fourth-order valence-electron chi connectivity index (χ4n) is 5.42. The molecule has 1 unspecified atom stereocenters. The topological polar surface area (TPSA) is 145 Å². The van der Waals surface area contributed by atoms with E-state index in [2.05, 4.69) is 27.9 Å². The van der Waals surface area contributed by atoms with Crippen molar-refractivity contribution in [1.29, 1.82) is 0 Å². The molecule has 244 valence electrons. The number of piperazine rings is 2. The zero-order valence-corrected chi connectivity index (χ0v) is 25.2. The Morgan fingerprint density at radius 3 is 2.27 bits per heavy atom. The molecule has 44 heavy (non-hydrogen) atoms. The van der Waals surface area contributed by atoms with Crippen LogP contribution in [-0.2, 0) is 20.4 Å². The summed E-state index contributed by atoms with van der Waals surface area (Å²) in [5.41, 5.74) is -0.847. The molecule has 2 fully saturated rings. The van der Waals surface area contributed by atoms with E-state index in [4.69, 9.17) is 5.73 Å². The lowest BCUT2D eigenvalue weighted by Crippen LogP contribution is -2.64. The summed E-state index contributed by atoms with van der Waals surface area (Å²) in [5.74, 6) is -0.676. The van der Waals surface area contributed by atoms with Gasteiger partial charge in [-0.25, -0.2) is 18.4 Å². The van der Waals surface area contributed by atoms with Crippen LogP contribution in [0.5, 0.6) is 0 Å². The number of hydrogen-bond acceptors (Lipinski definition) is 10. The van der Waals surface area contributed by atoms with Crippen molar-refractivity contribution in [3.05, 3.63) is 36.2 Å². The second-order valence-electron chi connectivity index (χ2n) is 10.9. The first-order valence-corrected chi connectivity index (χ1v) is 15.2. The van der Waals surface area contributed by atoms with Crippen LogP contribution in [0.15, 0.2) is 40.4 Å².